The minimum Gasteiger partial charge on any atom is -0.466 e. The fraction of sp³-hybridized carbons (Fsp3) is 0.625. The molecule has 0 aromatic carbocycles. The van der Waals surface area contributed by atoms with E-state index in [2.05, 4.69) is 4.74 Å². The monoisotopic (exact) mass is 322 g/mol. The van der Waals surface area contributed by atoms with Gasteiger partial charge in [-0.2, -0.15) is 0 Å². The van der Waals surface area contributed by atoms with Crippen LogP contribution in [0.4, 0.5) is 4.79 Å². The smallest absolute Gasteiger partial charge is 0.333 e. The Hall–Kier alpha value is -2.18. The van der Waals surface area contributed by atoms with Gasteiger partial charge in [0.15, 0.2) is 0 Å². The van der Waals surface area contributed by atoms with Crippen molar-refractivity contribution in [1.82, 2.24) is 9.80 Å². The molecule has 1 atom stereocenters. The van der Waals surface area contributed by atoms with Gasteiger partial charge in [-0.15, -0.1) is 0 Å². The average Bonchev–Trinajstić information content (AvgIpc) is 2.54. The maximum Gasteiger partial charge on any atom is 0.333 e. The molecule has 0 saturated carbocycles. The van der Waals surface area contributed by atoms with Crippen molar-refractivity contribution in [2.75, 3.05) is 13.7 Å². The molecule has 0 bridgehead atoms. The Kier molecular flexibility index (Phi) is 5.52. The van der Waals surface area contributed by atoms with Crippen molar-refractivity contribution in [3.05, 3.63) is 11.6 Å². The van der Waals surface area contributed by atoms with Crippen LogP contribution in [-0.2, 0) is 19.1 Å². The number of methoxy groups -OCH3 is 1. The number of nitrogens with zero attached hydrogens (tertiary/aromatic N) is 2. The van der Waals surface area contributed by atoms with Gasteiger partial charge in [-0.1, -0.05) is 19.4 Å². The number of carbonyl (C=O) groups excluding carboxylic acids is 4. The zero-order valence-corrected chi connectivity index (χ0v) is 13.5. The molecule has 2 aliphatic rings. The van der Waals surface area contributed by atoms with E-state index in [0.29, 0.717) is 31.4 Å². The van der Waals surface area contributed by atoms with Crippen molar-refractivity contribution < 1.29 is 23.9 Å². The number of esters is 1. The molecule has 7 nitrogen and oxygen atoms in total. The number of amides is 4. The third kappa shape index (κ3) is 3.60. The lowest BCUT2D eigenvalue weighted by Gasteiger charge is -2.38. The Labute approximate surface area is 135 Å². The predicted molar refractivity (Wildman–Crippen MR) is 81.2 cm³/mol. The fourth-order valence-electron chi connectivity index (χ4n) is 2.92. The van der Waals surface area contributed by atoms with Gasteiger partial charge in [0.05, 0.1) is 7.11 Å². The lowest BCUT2D eigenvalue weighted by Crippen LogP contribution is -2.58. The van der Waals surface area contributed by atoms with Crippen molar-refractivity contribution in [2.24, 2.45) is 0 Å². The molecule has 126 valence electrons. The average molecular weight is 322 g/mol. The molecular weight excluding hydrogens is 300 g/mol. The first kappa shape index (κ1) is 17.2. The molecule has 1 aliphatic heterocycles. The largest absolute Gasteiger partial charge is 0.466 e. The third-order valence-electron chi connectivity index (χ3n) is 4.24. The first-order valence-corrected chi connectivity index (χ1v) is 7.93. The Morgan fingerprint density at radius 1 is 1.30 bits per heavy atom. The summed E-state index contributed by atoms with van der Waals surface area (Å²) in [5, 5.41) is 0. The molecule has 0 spiro atoms. The summed E-state index contributed by atoms with van der Waals surface area (Å²) in [7, 11) is 1.32. The summed E-state index contributed by atoms with van der Waals surface area (Å²) in [5.74, 6) is -1.25. The lowest BCUT2D eigenvalue weighted by atomic mass is 9.93. The summed E-state index contributed by atoms with van der Waals surface area (Å²) >= 11 is 0. The van der Waals surface area contributed by atoms with Gasteiger partial charge in [0.2, 0.25) is 11.8 Å². The van der Waals surface area contributed by atoms with E-state index in [9.17, 15) is 19.2 Å². The molecule has 1 unspecified atom stereocenters. The second-order valence-corrected chi connectivity index (χ2v) is 5.77. The number of imide groups is 2. The molecule has 1 fully saturated rings. The fourth-order valence-corrected chi connectivity index (χ4v) is 2.92. The van der Waals surface area contributed by atoms with Crippen LogP contribution in [0.25, 0.3) is 0 Å². The Bertz CT molecular complexity index is 555. The van der Waals surface area contributed by atoms with Crippen LogP contribution >= 0.6 is 0 Å². The summed E-state index contributed by atoms with van der Waals surface area (Å²) in [6.07, 6.45) is 4.41. The second kappa shape index (κ2) is 7.39. The van der Waals surface area contributed by atoms with E-state index in [4.69, 9.17) is 0 Å². The topological polar surface area (TPSA) is 84.0 Å². The summed E-state index contributed by atoms with van der Waals surface area (Å²) in [6, 6.07) is -0.833. The van der Waals surface area contributed by atoms with Crippen molar-refractivity contribution in [1.29, 1.82) is 0 Å². The molecule has 0 aromatic heterocycles. The van der Waals surface area contributed by atoms with Gasteiger partial charge >= 0.3 is 12.0 Å². The summed E-state index contributed by atoms with van der Waals surface area (Å²) in [6.45, 7) is 2.32. The minimum absolute atomic E-state index is 0.264. The molecule has 2 rings (SSSR count). The highest BCUT2D eigenvalue weighted by Crippen LogP contribution is 2.27. The third-order valence-corrected chi connectivity index (χ3v) is 4.24. The maximum absolute atomic E-state index is 12.5. The molecule has 4 amide bonds. The van der Waals surface area contributed by atoms with Crippen LogP contribution in [0, 0.1) is 0 Å². The highest BCUT2D eigenvalue weighted by atomic mass is 16.5. The van der Waals surface area contributed by atoms with E-state index in [1.807, 2.05) is 6.92 Å². The number of unbranched alkanes of at least 4 members (excludes halogenated alkanes) is 1. The molecule has 0 N–H and O–H groups in total. The molecule has 1 saturated heterocycles. The van der Waals surface area contributed by atoms with Gasteiger partial charge in [-0.25, -0.2) is 9.59 Å². The van der Waals surface area contributed by atoms with Crippen LogP contribution < -0.4 is 0 Å². The van der Waals surface area contributed by atoms with E-state index < -0.39 is 17.8 Å². The number of rotatable bonds is 5. The first-order chi connectivity index (χ1) is 11.0. The SMILES string of the molecule is CCCCN1C(=O)CC(=O)N(C2CC=C(C(=O)OC)CC2)C1=O. The zero-order chi connectivity index (χ0) is 17.0. The van der Waals surface area contributed by atoms with Crippen LogP contribution in [0.15, 0.2) is 11.6 Å². The first-order valence-electron chi connectivity index (χ1n) is 7.93. The molecule has 7 heteroatoms. The van der Waals surface area contributed by atoms with Crippen LogP contribution in [0.5, 0.6) is 0 Å². The van der Waals surface area contributed by atoms with Gasteiger partial charge in [-0.05, 0) is 25.7 Å². The van der Waals surface area contributed by atoms with Crippen molar-refractivity contribution >= 4 is 23.8 Å². The van der Waals surface area contributed by atoms with E-state index >= 15 is 0 Å². The van der Waals surface area contributed by atoms with Crippen LogP contribution in [0.1, 0.15) is 45.4 Å². The number of urea groups is 1. The summed E-state index contributed by atoms with van der Waals surface area (Å²) in [5.41, 5.74) is 0.569. The van der Waals surface area contributed by atoms with Crippen molar-refractivity contribution in [3.63, 3.8) is 0 Å². The van der Waals surface area contributed by atoms with E-state index in [1.54, 1.807) is 6.08 Å². The molecule has 1 heterocycles. The summed E-state index contributed by atoms with van der Waals surface area (Å²) in [4.78, 5) is 50.5. The number of hydrogen-bond donors (Lipinski definition) is 0. The standard InChI is InChI=1S/C16H22N2O5/c1-3-4-9-17-13(19)10-14(20)18(16(17)22)12-7-5-11(6-8-12)15(21)23-2/h5,12H,3-4,6-10H2,1-2H3. The molecular formula is C16H22N2O5. The number of hydrogen-bond acceptors (Lipinski definition) is 5. The lowest BCUT2D eigenvalue weighted by molar-refractivity contribution is -0.144. The van der Waals surface area contributed by atoms with E-state index in [1.165, 1.54) is 16.9 Å². The number of carbonyl (C=O) groups is 4. The molecule has 1 aliphatic carbocycles. The summed E-state index contributed by atoms with van der Waals surface area (Å²) < 4.78 is 4.68. The van der Waals surface area contributed by atoms with Crippen LogP contribution in [0.3, 0.4) is 0 Å². The number of barbiturate groups is 1. The maximum atomic E-state index is 12.5. The van der Waals surface area contributed by atoms with Gasteiger partial charge < -0.3 is 4.74 Å². The van der Waals surface area contributed by atoms with E-state index in [-0.39, 0.29) is 18.4 Å². The second-order valence-electron chi connectivity index (χ2n) is 5.77. The Morgan fingerprint density at radius 2 is 2.04 bits per heavy atom. The quantitative estimate of drug-likeness (QED) is 0.567. The van der Waals surface area contributed by atoms with Crippen molar-refractivity contribution in [3.8, 4) is 0 Å². The highest BCUT2D eigenvalue weighted by molar-refractivity contribution is 6.14. The zero-order valence-electron chi connectivity index (χ0n) is 13.5. The minimum atomic E-state index is -0.528. The Morgan fingerprint density at radius 3 is 2.61 bits per heavy atom. The van der Waals surface area contributed by atoms with Gasteiger partial charge in [0, 0.05) is 18.2 Å². The van der Waals surface area contributed by atoms with Gasteiger partial charge in [-0.3, -0.25) is 19.4 Å². The number of ether oxygens (including phenoxy) is 1. The van der Waals surface area contributed by atoms with Crippen LogP contribution in [-0.4, -0.2) is 53.3 Å². The Balaban J connectivity index is 2.10. The van der Waals surface area contributed by atoms with E-state index in [0.717, 1.165) is 12.8 Å². The molecule has 0 radical (unpaired) electrons. The molecule has 0 aromatic rings. The predicted octanol–water partition coefficient (Wildman–Crippen LogP) is 1.62. The van der Waals surface area contributed by atoms with Gasteiger partial charge in [0.25, 0.3) is 0 Å². The molecule has 23 heavy (non-hydrogen) atoms. The van der Waals surface area contributed by atoms with Crippen LogP contribution in [0.2, 0.25) is 0 Å². The van der Waals surface area contributed by atoms with Gasteiger partial charge in [0.1, 0.15) is 6.42 Å². The highest BCUT2D eigenvalue weighted by Gasteiger charge is 2.41. The van der Waals surface area contributed by atoms with Crippen molar-refractivity contribution in [2.45, 2.75) is 51.5 Å². The normalized spacial score (nSPS) is 22.3.